The number of non-ortho nitro benzene ring substituents is 1. The van der Waals surface area contributed by atoms with Crippen LogP contribution in [0.2, 0.25) is 0 Å². The number of hydrogen-bond donors (Lipinski definition) is 2. The van der Waals surface area contributed by atoms with Crippen LogP contribution in [0.25, 0.3) is 28.4 Å². The molecule has 0 radical (unpaired) electrons. The molecule has 0 amide bonds. The van der Waals surface area contributed by atoms with Crippen molar-refractivity contribution in [1.29, 1.82) is 0 Å². The summed E-state index contributed by atoms with van der Waals surface area (Å²) in [5, 5.41) is 21.1. The number of aromatic nitrogens is 2. The van der Waals surface area contributed by atoms with Crippen LogP contribution in [0.3, 0.4) is 0 Å². The van der Waals surface area contributed by atoms with E-state index in [2.05, 4.69) is 9.97 Å². The maximum atomic E-state index is 11.7. The topological polar surface area (TPSA) is 122 Å². The number of hydrogen-bond acceptors (Lipinski definition) is 6. The van der Waals surface area contributed by atoms with Crippen molar-refractivity contribution in [3.8, 4) is 11.3 Å². The van der Waals surface area contributed by atoms with Gasteiger partial charge >= 0.3 is 5.97 Å². The van der Waals surface area contributed by atoms with Gasteiger partial charge in [-0.2, -0.15) is 0 Å². The second-order valence-electron chi connectivity index (χ2n) is 6.43. The third-order valence-corrected chi connectivity index (χ3v) is 5.28. The van der Waals surface area contributed by atoms with Crippen molar-refractivity contribution in [2.45, 2.75) is 12.1 Å². The van der Waals surface area contributed by atoms with Crippen molar-refractivity contribution in [3.05, 3.63) is 80.9 Å². The summed E-state index contributed by atoms with van der Waals surface area (Å²) in [6, 6.07) is 15.2. The molecule has 9 heteroatoms. The summed E-state index contributed by atoms with van der Waals surface area (Å²) in [6.07, 6.45) is 1.40. The number of aromatic amines is 1. The SMILES string of the molecule is Cc1ccc([N+](=O)[O-])cc1-c1ccc(/C=C(\Sc2nc3ccccc3[nH]2)C(=O)O)o1. The maximum absolute atomic E-state index is 11.7. The van der Waals surface area contributed by atoms with Gasteiger partial charge in [-0.1, -0.05) is 18.2 Å². The first-order valence-electron chi connectivity index (χ1n) is 8.83. The standard InChI is InChI=1S/C21H15N3O5S/c1-12-6-7-13(24(27)28)10-15(12)18-9-8-14(29-18)11-19(20(25)26)30-21-22-16-4-2-3-5-17(16)23-21/h2-11H,1H3,(H,22,23)(H,25,26)/b19-11-. The Morgan fingerprint density at radius 2 is 2.03 bits per heavy atom. The number of furan rings is 1. The normalized spacial score (nSPS) is 11.7. The number of imidazole rings is 1. The number of para-hydroxylation sites is 2. The Bertz CT molecular complexity index is 1270. The molecule has 0 unspecified atom stereocenters. The fourth-order valence-electron chi connectivity index (χ4n) is 2.91. The average Bonchev–Trinajstić information content (AvgIpc) is 3.34. The molecule has 30 heavy (non-hydrogen) atoms. The number of nitrogens with one attached hydrogen (secondary N) is 1. The molecule has 0 aliphatic carbocycles. The zero-order chi connectivity index (χ0) is 21.3. The van der Waals surface area contributed by atoms with Crippen LogP contribution in [0.1, 0.15) is 11.3 Å². The lowest BCUT2D eigenvalue weighted by molar-refractivity contribution is -0.384. The zero-order valence-electron chi connectivity index (χ0n) is 15.7. The van der Waals surface area contributed by atoms with Crippen LogP contribution in [0.5, 0.6) is 0 Å². The third kappa shape index (κ3) is 3.96. The van der Waals surface area contributed by atoms with Gasteiger partial charge in [-0.15, -0.1) is 0 Å². The molecule has 4 rings (SSSR count). The number of fused-ring (bicyclic) bond motifs is 1. The molecule has 2 N–H and O–H groups in total. The van der Waals surface area contributed by atoms with Crippen LogP contribution in [-0.4, -0.2) is 26.0 Å². The average molecular weight is 421 g/mol. The van der Waals surface area contributed by atoms with E-state index < -0.39 is 10.9 Å². The summed E-state index contributed by atoms with van der Waals surface area (Å²) in [5.41, 5.74) is 2.89. The largest absolute Gasteiger partial charge is 0.477 e. The Morgan fingerprint density at radius 3 is 2.77 bits per heavy atom. The highest BCUT2D eigenvalue weighted by atomic mass is 32.2. The predicted octanol–water partition coefficient (Wildman–Crippen LogP) is 5.26. The van der Waals surface area contributed by atoms with Crippen LogP contribution >= 0.6 is 11.8 Å². The van der Waals surface area contributed by atoms with Gasteiger partial charge in [-0.3, -0.25) is 10.1 Å². The van der Waals surface area contributed by atoms with E-state index in [0.717, 1.165) is 28.4 Å². The monoisotopic (exact) mass is 421 g/mol. The van der Waals surface area contributed by atoms with Crippen LogP contribution in [0.4, 0.5) is 5.69 Å². The van der Waals surface area contributed by atoms with Gasteiger partial charge in [0.1, 0.15) is 16.4 Å². The number of aryl methyl sites for hydroxylation is 1. The molecule has 4 aromatic rings. The fourth-order valence-corrected chi connectivity index (χ4v) is 3.69. The number of carbonyl (C=O) groups is 1. The smallest absolute Gasteiger partial charge is 0.342 e. The van der Waals surface area contributed by atoms with E-state index in [1.807, 2.05) is 31.2 Å². The second-order valence-corrected chi connectivity index (χ2v) is 7.46. The van der Waals surface area contributed by atoms with Gasteiger partial charge in [0.15, 0.2) is 5.16 Å². The van der Waals surface area contributed by atoms with Crippen LogP contribution < -0.4 is 0 Å². The van der Waals surface area contributed by atoms with E-state index in [0.29, 0.717) is 22.2 Å². The van der Waals surface area contributed by atoms with E-state index >= 15 is 0 Å². The van der Waals surface area contributed by atoms with Gasteiger partial charge < -0.3 is 14.5 Å². The first-order valence-corrected chi connectivity index (χ1v) is 9.65. The lowest BCUT2D eigenvalue weighted by Crippen LogP contribution is -1.96. The fraction of sp³-hybridized carbons (Fsp3) is 0.0476. The molecule has 0 saturated heterocycles. The van der Waals surface area contributed by atoms with E-state index in [1.165, 1.54) is 18.2 Å². The number of nitro groups is 1. The summed E-state index contributed by atoms with van der Waals surface area (Å²) in [7, 11) is 0. The summed E-state index contributed by atoms with van der Waals surface area (Å²) in [6.45, 7) is 1.82. The van der Waals surface area contributed by atoms with Gasteiger partial charge in [0, 0.05) is 23.8 Å². The maximum Gasteiger partial charge on any atom is 0.342 e. The van der Waals surface area contributed by atoms with Gasteiger partial charge in [0.05, 0.1) is 16.0 Å². The predicted molar refractivity (Wildman–Crippen MR) is 113 cm³/mol. The summed E-state index contributed by atoms with van der Waals surface area (Å²) < 4.78 is 5.76. The number of nitro benzene ring substituents is 1. The van der Waals surface area contributed by atoms with E-state index in [4.69, 9.17) is 4.42 Å². The van der Waals surface area contributed by atoms with Crippen LogP contribution in [-0.2, 0) is 4.79 Å². The van der Waals surface area contributed by atoms with Crippen molar-refractivity contribution < 1.29 is 19.2 Å². The Balaban J connectivity index is 1.64. The van der Waals surface area contributed by atoms with Gasteiger partial charge in [-0.05, 0) is 48.5 Å². The number of nitrogens with zero attached hydrogens (tertiary/aromatic N) is 2. The third-order valence-electron chi connectivity index (χ3n) is 4.38. The Labute approximate surface area is 174 Å². The number of carboxylic acid groups (broad SMARTS) is 1. The van der Waals surface area contributed by atoms with Gasteiger partial charge in [0.25, 0.3) is 5.69 Å². The molecule has 0 aliphatic heterocycles. The molecule has 0 atom stereocenters. The molecule has 0 saturated carbocycles. The minimum Gasteiger partial charge on any atom is -0.477 e. The molecule has 0 fully saturated rings. The molecule has 8 nitrogen and oxygen atoms in total. The molecule has 0 spiro atoms. The van der Waals surface area contributed by atoms with Crippen LogP contribution in [0.15, 0.2) is 69.1 Å². The lowest BCUT2D eigenvalue weighted by atomic mass is 10.1. The minimum atomic E-state index is -1.12. The number of benzene rings is 2. The first-order chi connectivity index (χ1) is 14.4. The van der Waals surface area contributed by atoms with E-state index in [9.17, 15) is 20.0 Å². The molecule has 0 bridgehead atoms. The summed E-state index contributed by atoms with van der Waals surface area (Å²) >= 11 is 0.978. The number of carboxylic acids is 1. The highest BCUT2D eigenvalue weighted by Gasteiger charge is 2.16. The molecule has 2 aromatic heterocycles. The molecular weight excluding hydrogens is 406 g/mol. The van der Waals surface area contributed by atoms with Crippen molar-refractivity contribution in [2.75, 3.05) is 0 Å². The lowest BCUT2D eigenvalue weighted by Gasteiger charge is -2.02. The molecular formula is C21H15N3O5S. The quantitative estimate of drug-likeness (QED) is 0.188. The first kappa shape index (κ1) is 19.5. The Hall–Kier alpha value is -3.85. The molecule has 150 valence electrons. The highest BCUT2D eigenvalue weighted by molar-refractivity contribution is 8.04. The van der Waals surface area contributed by atoms with Crippen molar-refractivity contribution in [2.24, 2.45) is 0 Å². The van der Waals surface area contributed by atoms with E-state index in [1.54, 1.807) is 18.2 Å². The minimum absolute atomic E-state index is 0.0192. The molecule has 0 aliphatic rings. The Kier molecular flexibility index (Phi) is 5.11. The van der Waals surface area contributed by atoms with Crippen LogP contribution in [0, 0.1) is 17.0 Å². The number of aliphatic carboxylic acids is 1. The van der Waals surface area contributed by atoms with Crippen molar-refractivity contribution >= 4 is 40.5 Å². The number of thioether (sulfide) groups is 1. The summed E-state index contributed by atoms with van der Waals surface area (Å²) in [4.78, 5) is 29.8. The Morgan fingerprint density at radius 1 is 1.23 bits per heavy atom. The zero-order valence-corrected chi connectivity index (χ0v) is 16.5. The molecule has 2 aromatic carbocycles. The number of rotatable bonds is 6. The number of H-pyrrole nitrogens is 1. The highest BCUT2D eigenvalue weighted by Crippen LogP contribution is 2.32. The van der Waals surface area contributed by atoms with Gasteiger partial charge in [0.2, 0.25) is 0 Å². The summed E-state index contributed by atoms with van der Waals surface area (Å²) in [5.74, 6) is -0.386. The van der Waals surface area contributed by atoms with Gasteiger partial charge in [-0.25, -0.2) is 9.78 Å². The second kappa shape index (κ2) is 7.88. The van der Waals surface area contributed by atoms with Crippen molar-refractivity contribution in [3.63, 3.8) is 0 Å². The van der Waals surface area contributed by atoms with E-state index in [-0.39, 0.29) is 10.6 Å². The molecule has 2 heterocycles. The van der Waals surface area contributed by atoms with Crippen molar-refractivity contribution in [1.82, 2.24) is 9.97 Å².